The molecule has 148 valence electrons. The Kier molecular flexibility index (Phi) is 5.49. The molecule has 0 spiro atoms. The molecule has 1 amide bonds. The standard InChI is InChI=1S/C24H24N2O3/c1-28-22-9-7-19(14-23(22)29-2)20-6-8-21-5-3-4-18(15-24(27)26(21)16-20)17-10-12-25-13-11-17/h3-10,14-16,25H,11-13H2,1-2H3/b4-3+,18-15+,21-5?. The summed E-state index contributed by atoms with van der Waals surface area (Å²) in [6, 6.07) is 5.74. The number of benzene rings is 1. The van der Waals surface area contributed by atoms with E-state index in [1.807, 2.05) is 54.8 Å². The van der Waals surface area contributed by atoms with Gasteiger partial charge >= 0.3 is 0 Å². The van der Waals surface area contributed by atoms with E-state index in [1.54, 1.807) is 25.2 Å². The first-order valence-electron chi connectivity index (χ1n) is 9.65. The molecule has 1 aromatic carbocycles. The summed E-state index contributed by atoms with van der Waals surface area (Å²) < 4.78 is 10.7. The van der Waals surface area contributed by atoms with Crippen LogP contribution < -0.4 is 14.8 Å². The lowest BCUT2D eigenvalue weighted by Crippen LogP contribution is -2.26. The van der Waals surface area contributed by atoms with Crippen molar-refractivity contribution in [1.29, 1.82) is 0 Å². The molecule has 0 saturated heterocycles. The smallest absolute Gasteiger partial charge is 0.255 e. The van der Waals surface area contributed by atoms with Crippen LogP contribution in [0.2, 0.25) is 0 Å². The summed E-state index contributed by atoms with van der Waals surface area (Å²) in [6.07, 6.45) is 16.6. The molecule has 5 heteroatoms. The van der Waals surface area contributed by atoms with Crippen molar-refractivity contribution < 1.29 is 14.3 Å². The Morgan fingerprint density at radius 2 is 1.90 bits per heavy atom. The van der Waals surface area contributed by atoms with Crippen molar-refractivity contribution >= 4 is 11.5 Å². The molecular weight excluding hydrogens is 364 g/mol. The molecule has 0 aromatic heterocycles. The van der Waals surface area contributed by atoms with Crippen molar-refractivity contribution in [3.8, 4) is 11.5 Å². The molecule has 4 rings (SSSR count). The van der Waals surface area contributed by atoms with Crippen LogP contribution in [0.25, 0.3) is 5.57 Å². The Bertz CT molecular complexity index is 1010. The monoisotopic (exact) mass is 388 g/mol. The summed E-state index contributed by atoms with van der Waals surface area (Å²) in [5.74, 6) is 1.27. The maximum absolute atomic E-state index is 13.1. The lowest BCUT2D eigenvalue weighted by Gasteiger charge is -2.25. The fourth-order valence-corrected chi connectivity index (χ4v) is 3.61. The molecule has 1 N–H and O–H groups in total. The summed E-state index contributed by atoms with van der Waals surface area (Å²) in [7, 11) is 3.23. The van der Waals surface area contributed by atoms with Gasteiger partial charge in [-0.1, -0.05) is 30.4 Å². The molecule has 0 unspecified atom stereocenters. The topological polar surface area (TPSA) is 50.8 Å². The molecule has 0 fully saturated rings. The van der Waals surface area contributed by atoms with Gasteiger partial charge in [0.25, 0.3) is 5.91 Å². The summed E-state index contributed by atoms with van der Waals surface area (Å²) in [5.41, 5.74) is 4.90. The second kappa shape index (κ2) is 8.37. The molecule has 0 saturated carbocycles. The Balaban J connectivity index is 1.68. The molecule has 3 heterocycles. The quantitative estimate of drug-likeness (QED) is 0.854. The number of hydrogen-bond acceptors (Lipinski definition) is 4. The number of nitrogens with one attached hydrogen (secondary N) is 1. The Morgan fingerprint density at radius 3 is 2.66 bits per heavy atom. The Hall–Kier alpha value is -3.31. The van der Waals surface area contributed by atoms with Crippen molar-refractivity contribution in [3.63, 3.8) is 0 Å². The highest BCUT2D eigenvalue weighted by molar-refractivity contribution is 5.95. The minimum atomic E-state index is -0.0580. The van der Waals surface area contributed by atoms with Crippen LogP contribution in [-0.2, 0) is 4.79 Å². The normalized spacial score (nSPS) is 21.6. The van der Waals surface area contributed by atoms with E-state index in [0.29, 0.717) is 11.5 Å². The van der Waals surface area contributed by atoms with Gasteiger partial charge < -0.3 is 14.8 Å². The molecule has 3 aliphatic rings. The highest BCUT2D eigenvalue weighted by Gasteiger charge is 2.20. The third kappa shape index (κ3) is 3.96. The van der Waals surface area contributed by atoms with Crippen LogP contribution in [0, 0.1) is 0 Å². The lowest BCUT2D eigenvalue weighted by molar-refractivity contribution is -0.122. The number of carbonyl (C=O) groups excluding carboxylic acids is 1. The van der Waals surface area contributed by atoms with Gasteiger partial charge in [0.05, 0.1) is 14.2 Å². The zero-order valence-corrected chi connectivity index (χ0v) is 16.6. The summed E-state index contributed by atoms with van der Waals surface area (Å²) in [6.45, 7) is 1.77. The van der Waals surface area contributed by atoms with Gasteiger partial charge in [0, 0.05) is 24.5 Å². The molecule has 0 aliphatic carbocycles. The van der Waals surface area contributed by atoms with Gasteiger partial charge in [0.15, 0.2) is 11.5 Å². The van der Waals surface area contributed by atoms with Crippen LogP contribution in [0.4, 0.5) is 0 Å². The van der Waals surface area contributed by atoms with Crippen molar-refractivity contribution in [2.45, 2.75) is 6.42 Å². The van der Waals surface area contributed by atoms with Crippen LogP contribution in [0.15, 0.2) is 83.8 Å². The third-order valence-corrected chi connectivity index (χ3v) is 5.19. The van der Waals surface area contributed by atoms with E-state index in [-0.39, 0.29) is 5.91 Å². The van der Waals surface area contributed by atoms with E-state index in [4.69, 9.17) is 9.47 Å². The van der Waals surface area contributed by atoms with Crippen molar-refractivity contribution in [2.75, 3.05) is 27.3 Å². The van der Waals surface area contributed by atoms with Crippen LogP contribution in [-0.4, -0.2) is 38.1 Å². The zero-order valence-electron chi connectivity index (χ0n) is 16.6. The number of fused-ring (bicyclic) bond motifs is 1. The molecule has 5 nitrogen and oxygen atoms in total. The fourth-order valence-electron chi connectivity index (χ4n) is 3.61. The van der Waals surface area contributed by atoms with Gasteiger partial charge in [-0.15, -0.1) is 0 Å². The van der Waals surface area contributed by atoms with E-state index in [2.05, 4.69) is 11.4 Å². The first-order chi connectivity index (χ1) is 14.2. The van der Waals surface area contributed by atoms with Crippen LogP contribution in [0.1, 0.15) is 12.0 Å². The number of carbonyl (C=O) groups is 1. The summed E-state index contributed by atoms with van der Waals surface area (Å²) in [5, 5.41) is 3.31. The molecule has 0 atom stereocenters. The second-order valence-electron chi connectivity index (χ2n) is 6.93. The predicted octanol–water partition coefficient (Wildman–Crippen LogP) is 3.74. The van der Waals surface area contributed by atoms with Gasteiger partial charge in [0.2, 0.25) is 0 Å². The number of nitrogens with zero attached hydrogens (tertiary/aromatic N) is 1. The van der Waals surface area contributed by atoms with E-state index >= 15 is 0 Å². The predicted molar refractivity (Wildman–Crippen MR) is 114 cm³/mol. The Labute approximate surface area is 171 Å². The van der Waals surface area contributed by atoms with Crippen molar-refractivity contribution in [2.24, 2.45) is 0 Å². The third-order valence-electron chi connectivity index (χ3n) is 5.19. The van der Waals surface area contributed by atoms with Gasteiger partial charge in [0.1, 0.15) is 0 Å². The fraction of sp³-hybridized carbons (Fsp3) is 0.208. The van der Waals surface area contributed by atoms with Crippen molar-refractivity contribution in [3.05, 3.63) is 89.3 Å². The number of hydrogen-bond donors (Lipinski definition) is 1. The number of allylic oxidation sites excluding steroid dienone is 7. The van der Waals surface area contributed by atoms with E-state index < -0.39 is 0 Å². The maximum atomic E-state index is 13.1. The number of rotatable bonds is 4. The largest absolute Gasteiger partial charge is 0.493 e. The second-order valence-corrected chi connectivity index (χ2v) is 6.93. The van der Waals surface area contributed by atoms with Gasteiger partial charge in [-0.3, -0.25) is 9.69 Å². The number of amides is 1. The molecule has 0 bridgehead atoms. The van der Waals surface area contributed by atoms with Gasteiger partial charge in [-0.2, -0.15) is 0 Å². The molecule has 3 aliphatic heterocycles. The van der Waals surface area contributed by atoms with Gasteiger partial charge in [-0.25, -0.2) is 0 Å². The molecule has 0 radical (unpaired) electrons. The van der Waals surface area contributed by atoms with Crippen LogP contribution in [0.5, 0.6) is 11.5 Å². The van der Waals surface area contributed by atoms with E-state index in [1.165, 1.54) is 5.57 Å². The SMILES string of the molecule is COc1ccc(C2=CN3C(=O)/C=C(C4=CCNCC4)\C=C\C=C3C=C2)cc1OC. The highest BCUT2D eigenvalue weighted by Crippen LogP contribution is 2.33. The van der Waals surface area contributed by atoms with Gasteiger partial charge in [-0.05, 0) is 59.5 Å². The molecular formula is C24H24N2O3. The summed E-state index contributed by atoms with van der Waals surface area (Å²) >= 11 is 0. The van der Waals surface area contributed by atoms with E-state index in [0.717, 1.165) is 41.9 Å². The molecule has 1 aromatic rings. The summed E-state index contributed by atoms with van der Waals surface area (Å²) in [4.78, 5) is 14.8. The number of ether oxygens (including phenoxy) is 2. The first kappa shape index (κ1) is 19.0. The number of methoxy groups -OCH3 is 2. The lowest BCUT2D eigenvalue weighted by atomic mass is 9.97. The Morgan fingerprint density at radius 1 is 1.03 bits per heavy atom. The van der Waals surface area contributed by atoms with Crippen LogP contribution in [0.3, 0.4) is 0 Å². The zero-order chi connectivity index (χ0) is 20.2. The average molecular weight is 388 g/mol. The highest BCUT2D eigenvalue weighted by atomic mass is 16.5. The minimum Gasteiger partial charge on any atom is -0.493 e. The average Bonchev–Trinajstić information content (AvgIpc) is 2.77. The van der Waals surface area contributed by atoms with Crippen molar-refractivity contribution in [1.82, 2.24) is 10.2 Å². The molecule has 29 heavy (non-hydrogen) atoms. The van der Waals surface area contributed by atoms with E-state index in [9.17, 15) is 4.79 Å². The minimum absolute atomic E-state index is 0.0580. The first-order valence-corrected chi connectivity index (χ1v) is 9.65. The van der Waals surface area contributed by atoms with Crippen LogP contribution >= 0.6 is 0 Å². The maximum Gasteiger partial charge on any atom is 0.255 e.